The third-order valence-electron chi connectivity index (χ3n) is 1.41. The van der Waals surface area contributed by atoms with E-state index in [9.17, 15) is 0 Å². The van der Waals surface area contributed by atoms with Crippen LogP contribution in [-0.2, 0) is 0 Å². The highest BCUT2D eigenvalue weighted by atomic mass is 32.2. The Bertz CT molecular complexity index is 308. The van der Waals surface area contributed by atoms with Gasteiger partial charge in [-0.2, -0.15) is 5.11 Å². The lowest BCUT2D eigenvalue weighted by Gasteiger charge is -2.03. The van der Waals surface area contributed by atoms with Gasteiger partial charge in [0.25, 0.3) is 0 Å². The molecule has 1 aliphatic heterocycles. The Hall–Kier alpha value is -1.09. The first-order chi connectivity index (χ1) is 5.47. The molecule has 1 aliphatic carbocycles. The van der Waals surface area contributed by atoms with Crippen molar-refractivity contribution in [1.82, 2.24) is 0 Å². The summed E-state index contributed by atoms with van der Waals surface area (Å²) in [5.41, 5.74) is 1.13. The largest absolute Gasteiger partial charge is 0.151 e. The van der Waals surface area contributed by atoms with E-state index in [-0.39, 0.29) is 0 Å². The van der Waals surface area contributed by atoms with Gasteiger partial charge in [0.1, 0.15) is 0 Å². The molecule has 2 aliphatic rings. The van der Waals surface area contributed by atoms with Crippen LogP contribution in [0.4, 0.5) is 0 Å². The van der Waals surface area contributed by atoms with Crippen molar-refractivity contribution in [1.29, 1.82) is 0 Å². The molecule has 2 rings (SSSR count). The van der Waals surface area contributed by atoms with Crippen LogP contribution in [0.1, 0.15) is 0 Å². The summed E-state index contributed by atoms with van der Waals surface area (Å²) in [4.78, 5) is 1.16. The first-order valence-corrected chi connectivity index (χ1v) is 4.07. The minimum atomic E-state index is 1.13. The van der Waals surface area contributed by atoms with Crippen molar-refractivity contribution in [3.63, 3.8) is 0 Å². The molecule has 0 aromatic rings. The third kappa shape index (κ3) is 1.33. The van der Waals surface area contributed by atoms with E-state index < -0.39 is 0 Å². The zero-order valence-electron chi connectivity index (χ0n) is 5.77. The van der Waals surface area contributed by atoms with Crippen molar-refractivity contribution in [2.75, 3.05) is 0 Å². The maximum atomic E-state index is 3.83. The van der Waals surface area contributed by atoms with E-state index in [2.05, 4.69) is 9.63 Å². The summed E-state index contributed by atoms with van der Waals surface area (Å²) in [6, 6.07) is 0. The van der Waals surface area contributed by atoms with Crippen LogP contribution in [0.2, 0.25) is 0 Å². The topological polar surface area (TPSA) is 24.7 Å². The standard InChI is InChI=1S/C8H6N2S/c1-2-4-7-6-9-10-11-8(7)5-3-1/h1-6H. The first-order valence-electron chi connectivity index (χ1n) is 3.29. The molecule has 11 heavy (non-hydrogen) atoms. The lowest BCUT2D eigenvalue weighted by Crippen LogP contribution is -1.81. The summed E-state index contributed by atoms with van der Waals surface area (Å²) < 4.78 is 3.83. The van der Waals surface area contributed by atoms with Crippen molar-refractivity contribution < 1.29 is 0 Å². The molecule has 0 amide bonds. The van der Waals surface area contributed by atoms with Crippen LogP contribution in [0.25, 0.3) is 0 Å². The second kappa shape index (κ2) is 2.88. The Morgan fingerprint density at radius 1 is 1.18 bits per heavy atom. The van der Waals surface area contributed by atoms with E-state index in [0.717, 1.165) is 10.5 Å². The fourth-order valence-corrected chi connectivity index (χ4v) is 1.44. The fraction of sp³-hybridized carbons (Fsp3) is 0. The van der Waals surface area contributed by atoms with E-state index in [4.69, 9.17) is 0 Å². The molecule has 1 heterocycles. The molecular formula is C8H6N2S. The van der Waals surface area contributed by atoms with Crippen molar-refractivity contribution in [3.05, 3.63) is 47.1 Å². The average Bonchev–Trinajstić information content (AvgIpc) is 2.28. The predicted octanol–water partition coefficient (Wildman–Crippen LogP) is 2.99. The number of allylic oxidation sites excluding steroid dienone is 6. The minimum Gasteiger partial charge on any atom is -0.151 e. The number of hydrogen-bond donors (Lipinski definition) is 0. The van der Waals surface area contributed by atoms with Crippen LogP contribution in [-0.4, -0.2) is 0 Å². The second-order valence-corrected chi connectivity index (χ2v) is 2.93. The highest BCUT2D eigenvalue weighted by Gasteiger charge is 2.06. The van der Waals surface area contributed by atoms with E-state index in [1.165, 1.54) is 11.9 Å². The molecule has 3 heteroatoms. The van der Waals surface area contributed by atoms with Gasteiger partial charge in [-0.1, -0.05) is 24.3 Å². The van der Waals surface area contributed by atoms with Crippen molar-refractivity contribution >= 4 is 11.9 Å². The van der Waals surface area contributed by atoms with Gasteiger partial charge in [-0.15, -0.1) is 4.52 Å². The highest BCUT2D eigenvalue weighted by Crippen LogP contribution is 2.31. The van der Waals surface area contributed by atoms with Crippen LogP contribution >= 0.6 is 11.9 Å². The van der Waals surface area contributed by atoms with Gasteiger partial charge in [-0.05, 0) is 6.08 Å². The van der Waals surface area contributed by atoms with Gasteiger partial charge >= 0.3 is 0 Å². The Labute approximate surface area is 69.2 Å². The van der Waals surface area contributed by atoms with Crippen LogP contribution in [0.15, 0.2) is 56.7 Å². The van der Waals surface area contributed by atoms with Crippen molar-refractivity contribution in [3.8, 4) is 0 Å². The minimum absolute atomic E-state index is 1.13. The van der Waals surface area contributed by atoms with Gasteiger partial charge in [0, 0.05) is 22.4 Å². The maximum Gasteiger partial charge on any atom is 0.0586 e. The van der Waals surface area contributed by atoms with Gasteiger partial charge in [-0.3, -0.25) is 0 Å². The van der Waals surface area contributed by atoms with E-state index >= 15 is 0 Å². The summed E-state index contributed by atoms with van der Waals surface area (Å²) in [7, 11) is 0. The number of nitrogens with zero attached hydrogens (tertiary/aromatic N) is 2. The van der Waals surface area contributed by atoms with Crippen molar-refractivity contribution in [2.24, 2.45) is 9.63 Å². The summed E-state index contributed by atoms with van der Waals surface area (Å²) in [5, 5.41) is 3.81. The number of fused-ring (bicyclic) bond motifs is 1. The molecule has 0 radical (unpaired) electrons. The van der Waals surface area contributed by atoms with Crippen LogP contribution < -0.4 is 0 Å². The molecule has 0 saturated carbocycles. The Balaban J connectivity index is 2.44. The van der Waals surface area contributed by atoms with E-state index in [0.29, 0.717) is 0 Å². The molecule has 0 fully saturated rings. The molecule has 54 valence electrons. The molecule has 0 atom stereocenters. The van der Waals surface area contributed by atoms with Crippen LogP contribution in [0, 0.1) is 0 Å². The fourth-order valence-electron chi connectivity index (χ4n) is 0.888. The van der Waals surface area contributed by atoms with Gasteiger partial charge in [0.15, 0.2) is 0 Å². The summed E-state index contributed by atoms with van der Waals surface area (Å²) in [6.45, 7) is 0. The lowest BCUT2D eigenvalue weighted by atomic mass is 10.2. The molecule has 0 aromatic heterocycles. The van der Waals surface area contributed by atoms with E-state index in [1.807, 2.05) is 30.4 Å². The number of rotatable bonds is 0. The number of hydrogen-bond acceptors (Lipinski definition) is 3. The average molecular weight is 162 g/mol. The monoisotopic (exact) mass is 162 g/mol. The molecule has 0 saturated heterocycles. The van der Waals surface area contributed by atoms with Crippen LogP contribution in [0.5, 0.6) is 0 Å². The molecular weight excluding hydrogens is 156 g/mol. The second-order valence-electron chi connectivity index (χ2n) is 2.15. The van der Waals surface area contributed by atoms with E-state index in [1.54, 1.807) is 6.20 Å². The highest BCUT2D eigenvalue weighted by molar-refractivity contribution is 8.02. The summed E-state index contributed by atoms with van der Waals surface area (Å²) in [5.74, 6) is 0. The Morgan fingerprint density at radius 3 is 3.18 bits per heavy atom. The molecule has 2 nitrogen and oxygen atoms in total. The molecule has 0 bridgehead atoms. The Kier molecular flexibility index (Phi) is 1.73. The van der Waals surface area contributed by atoms with Gasteiger partial charge in [-0.25, -0.2) is 0 Å². The van der Waals surface area contributed by atoms with Gasteiger partial charge in [0.05, 0.1) is 6.20 Å². The summed E-state index contributed by atoms with van der Waals surface area (Å²) in [6.07, 6.45) is 11.8. The molecule has 0 N–H and O–H groups in total. The smallest absolute Gasteiger partial charge is 0.0586 e. The van der Waals surface area contributed by atoms with Crippen LogP contribution in [0.3, 0.4) is 0 Å². The van der Waals surface area contributed by atoms with Gasteiger partial charge < -0.3 is 0 Å². The maximum absolute atomic E-state index is 3.83. The molecule has 0 aromatic carbocycles. The zero-order chi connectivity index (χ0) is 7.52. The first kappa shape index (κ1) is 6.61. The molecule has 0 spiro atoms. The zero-order valence-corrected chi connectivity index (χ0v) is 6.58. The lowest BCUT2D eigenvalue weighted by molar-refractivity contribution is 1.30. The van der Waals surface area contributed by atoms with Crippen molar-refractivity contribution in [2.45, 2.75) is 0 Å². The normalized spacial score (nSPS) is 20.4. The quantitative estimate of drug-likeness (QED) is 0.502. The predicted molar refractivity (Wildman–Crippen MR) is 46.9 cm³/mol. The molecule has 0 unspecified atom stereocenters. The third-order valence-corrected chi connectivity index (χ3v) is 2.16. The summed E-state index contributed by atoms with van der Waals surface area (Å²) >= 11 is 1.41. The Morgan fingerprint density at radius 2 is 2.18 bits per heavy atom. The van der Waals surface area contributed by atoms with Gasteiger partial charge in [0.2, 0.25) is 0 Å². The SMILES string of the molecule is C1=CC=C2SN=NC=C2C=C1.